The molecule has 12 heteroatoms. The number of unbranched alkanes of at least 4 members (excludes halogenated alkanes) is 22. The zero-order valence-electron chi connectivity index (χ0n) is 45.9. The van der Waals surface area contributed by atoms with Crippen molar-refractivity contribution >= 4 is 23.9 Å². The molecule has 0 amide bonds. The number of carboxylic acid groups (broad SMARTS) is 1. The second kappa shape index (κ2) is 49.1. The lowest BCUT2D eigenvalue weighted by Gasteiger charge is -2.40. The van der Waals surface area contributed by atoms with Crippen LogP contribution in [0.3, 0.4) is 0 Å². The second-order valence-corrected chi connectivity index (χ2v) is 19.5. The average Bonchev–Trinajstić information content (AvgIpc) is 3.37. The van der Waals surface area contributed by atoms with Crippen LogP contribution >= 0.6 is 0 Å². The first-order chi connectivity index (χ1) is 35.6. The van der Waals surface area contributed by atoms with E-state index in [0.717, 1.165) is 89.9 Å². The maximum absolute atomic E-state index is 13.1. The van der Waals surface area contributed by atoms with Gasteiger partial charge in [-0.15, -0.1) is 0 Å². The Kier molecular flexibility index (Phi) is 45.1. The Morgan fingerprint density at radius 1 is 0.466 bits per heavy atom. The summed E-state index contributed by atoms with van der Waals surface area (Å²) in [6, 6.07) is 0. The monoisotopic (exact) mass is 1030 g/mol. The summed E-state index contributed by atoms with van der Waals surface area (Å²) in [5.41, 5.74) is 0. The van der Waals surface area contributed by atoms with Crippen LogP contribution in [0, 0.1) is 0 Å². The number of allylic oxidation sites excluding steroid dienone is 12. The van der Waals surface area contributed by atoms with Crippen LogP contribution in [0.1, 0.15) is 239 Å². The van der Waals surface area contributed by atoms with E-state index in [4.69, 9.17) is 23.7 Å². The Hall–Kier alpha value is -3.84. The molecule has 418 valence electrons. The van der Waals surface area contributed by atoms with Gasteiger partial charge in [-0.05, 0) is 83.5 Å². The minimum Gasteiger partial charge on any atom is -0.479 e. The molecule has 0 aliphatic carbocycles. The van der Waals surface area contributed by atoms with E-state index < -0.39 is 67.3 Å². The quantitative estimate of drug-likeness (QED) is 0.0228. The van der Waals surface area contributed by atoms with Crippen molar-refractivity contribution in [2.45, 2.75) is 276 Å². The van der Waals surface area contributed by atoms with E-state index in [1.807, 2.05) is 12.2 Å². The number of carbonyl (C=O) groups excluding carboxylic acids is 3. The van der Waals surface area contributed by atoms with Crippen molar-refractivity contribution in [3.63, 3.8) is 0 Å². The minimum absolute atomic E-state index is 0.0192. The molecule has 1 saturated heterocycles. The molecular weight excluding hydrogens is 925 g/mol. The molecule has 1 aliphatic rings. The first kappa shape index (κ1) is 67.2. The first-order valence-corrected chi connectivity index (χ1v) is 28.9. The Balaban J connectivity index is 2.74. The number of rotatable bonds is 48. The standard InChI is InChI=1S/C61H102O12/c1-4-7-10-13-16-19-22-25-26-27-28-31-34-37-40-43-46-49-55(64)72-59-57(66)56(65)58(60(67)68)73-61(59)70-51-52(71-54(63)48-45-42-39-36-33-30-24-21-18-15-12-9-6-3)50-69-53(62)47-44-41-38-35-32-29-23-20-17-14-11-8-5-2/h7,10,16,19-20,23,25-26,28,31,37,40,52,56-59,61,65-66H,4-6,8-9,11-15,17-18,21-22,24,27,29-30,32-36,38-39,41-51H2,1-3H3,(H,67,68)/b10-7-,19-16-,23-20-,26-25-,31-28-,40-37-. The Morgan fingerprint density at radius 2 is 0.877 bits per heavy atom. The number of hydrogen-bond acceptors (Lipinski definition) is 11. The molecule has 1 heterocycles. The summed E-state index contributed by atoms with van der Waals surface area (Å²) in [6.07, 6.45) is 48.8. The lowest BCUT2D eigenvalue weighted by atomic mass is 9.98. The highest BCUT2D eigenvalue weighted by Crippen LogP contribution is 2.26. The molecule has 0 spiro atoms. The number of carbonyl (C=O) groups is 4. The van der Waals surface area contributed by atoms with Gasteiger partial charge in [0.15, 0.2) is 24.6 Å². The summed E-state index contributed by atoms with van der Waals surface area (Å²) in [4.78, 5) is 51.0. The Labute approximate surface area is 442 Å². The number of esters is 3. The molecule has 0 aromatic carbocycles. The minimum atomic E-state index is -1.92. The molecule has 0 aromatic heterocycles. The summed E-state index contributed by atoms with van der Waals surface area (Å²) < 4.78 is 28.3. The zero-order chi connectivity index (χ0) is 53.3. The summed E-state index contributed by atoms with van der Waals surface area (Å²) in [5, 5.41) is 31.4. The molecule has 0 aromatic rings. The molecule has 0 saturated carbocycles. The third kappa shape index (κ3) is 39.3. The van der Waals surface area contributed by atoms with Crippen molar-refractivity contribution in [2.24, 2.45) is 0 Å². The fourth-order valence-corrected chi connectivity index (χ4v) is 8.34. The van der Waals surface area contributed by atoms with E-state index in [0.29, 0.717) is 25.7 Å². The van der Waals surface area contributed by atoms with Crippen LogP contribution in [-0.2, 0) is 42.9 Å². The van der Waals surface area contributed by atoms with Gasteiger partial charge in [-0.3, -0.25) is 14.4 Å². The Morgan fingerprint density at radius 3 is 1.38 bits per heavy atom. The zero-order valence-corrected chi connectivity index (χ0v) is 45.9. The molecule has 1 rings (SSSR count). The third-order valence-electron chi connectivity index (χ3n) is 12.8. The van der Waals surface area contributed by atoms with Crippen LogP contribution in [0.25, 0.3) is 0 Å². The predicted molar refractivity (Wildman–Crippen MR) is 294 cm³/mol. The van der Waals surface area contributed by atoms with E-state index >= 15 is 0 Å². The summed E-state index contributed by atoms with van der Waals surface area (Å²) in [6.45, 7) is 5.83. The maximum Gasteiger partial charge on any atom is 0.335 e. The number of aliphatic hydroxyl groups is 2. The second-order valence-electron chi connectivity index (χ2n) is 19.5. The fraction of sp³-hybridized carbons (Fsp3) is 0.738. The lowest BCUT2D eigenvalue weighted by Crippen LogP contribution is -2.61. The number of hydrogen-bond donors (Lipinski definition) is 3. The molecule has 1 aliphatic heterocycles. The van der Waals surface area contributed by atoms with Gasteiger partial charge < -0.3 is 39.0 Å². The van der Waals surface area contributed by atoms with E-state index in [2.05, 4.69) is 81.5 Å². The topological polar surface area (TPSA) is 175 Å². The van der Waals surface area contributed by atoms with Gasteiger partial charge in [0.1, 0.15) is 18.8 Å². The van der Waals surface area contributed by atoms with Crippen molar-refractivity contribution in [3.05, 3.63) is 72.9 Å². The summed E-state index contributed by atoms with van der Waals surface area (Å²) in [5.74, 6) is -3.20. The van der Waals surface area contributed by atoms with Gasteiger partial charge in [0.25, 0.3) is 0 Å². The molecule has 73 heavy (non-hydrogen) atoms. The maximum atomic E-state index is 13.1. The van der Waals surface area contributed by atoms with Gasteiger partial charge in [-0.1, -0.05) is 209 Å². The van der Waals surface area contributed by atoms with Gasteiger partial charge in [-0.25, -0.2) is 4.79 Å². The molecule has 12 nitrogen and oxygen atoms in total. The first-order valence-electron chi connectivity index (χ1n) is 28.9. The van der Waals surface area contributed by atoms with Gasteiger partial charge in [0.2, 0.25) is 0 Å². The average molecular weight is 1030 g/mol. The van der Waals surface area contributed by atoms with Crippen LogP contribution in [0.2, 0.25) is 0 Å². The molecule has 3 N–H and O–H groups in total. The van der Waals surface area contributed by atoms with E-state index in [1.54, 1.807) is 0 Å². The molecule has 6 atom stereocenters. The SMILES string of the molecule is CC/C=C\C/C=C\C/C=C\C/C=C\C/C=C\CCCC(=O)OC1C(OCC(COC(=O)CCCCCCC/C=C\CCCCCC)OC(=O)CCCCCCCCCCCCCCC)OC(C(=O)O)C(O)C1O. The molecule has 1 fully saturated rings. The van der Waals surface area contributed by atoms with Crippen LogP contribution in [-0.4, -0.2) is 89.2 Å². The van der Waals surface area contributed by atoms with Crippen LogP contribution in [0.5, 0.6) is 0 Å². The normalized spacial score (nSPS) is 18.8. The highest BCUT2D eigenvalue weighted by Gasteiger charge is 2.50. The van der Waals surface area contributed by atoms with Crippen molar-refractivity contribution in [3.8, 4) is 0 Å². The largest absolute Gasteiger partial charge is 0.479 e. The van der Waals surface area contributed by atoms with Crippen molar-refractivity contribution in [1.29, 1.82) is 0 Å². The molecule has 6 unspecified atom stereocenters. The van der Waals surface area contributed by atoms with Gasteiger partial charge >= 0.3 is 23.9 Å². The predicted octanol–water partition coefficient (Wildman–Crippen LogP) is 14.6. The van der Waals surface area contributed by atoms with E-state index in [9.17, 15) is 34.5 Å². The van der Waals surface area contributed by atoms with Crippen LogP contribution < -0.4 is 0 Å². The van der Waals surface area contributed by atoms with Crippen LogP contribution in [0.4, 0.5) is 0 Å². The molecule has 0 radical (unpaired) electrons. The van der Waals surface area contributed by atoms with Crippen molar-refractivity contribution in [2.75, 3.05) is 13.2 Å². The van der Waals surface area contributed by atoms with E-state index in [1.165, 1.54) is 83.5 Å². The fourth-order valence-electron chi connectivity index (χ4n) is 8.34. The highest BCUT2D eigenvalue weighted by atomic mass is 16.7. The molecule has 0 bridgehead atoms. The summed E-state index contributed by atoms with van der Waals surface area (Å²) >= 11 is 0. The number of aliphatic hydroxyl groups excluding tert-OH is 2. The van der Waals surface area contributed by atoms with Crippen LogP contribution in [0.15, 0.2) is 72.9 Å². The van der Waals surface area contributed by atoms with Crippen molar-refractivity contribution in [1.82, 2.24) is 0 Å². The summed E-state index contributed by atoms with van der Waals surface area (Å²) in [7, 11) is 0. The third-order valence-corrected chi connectivity index (χ3v) is 12.8. The number of aliphatic carboxylic acids is 1. The van der Waals surface area contributed by atoms with Gasteiger partial charge in [0.05, 0.1) is 6.61 Å². The van der Waals surface area contributed by atoms with E-state index in [-0.39, 0.29) is 25.9 Å². The molecular formula is C61H102O12. The van der Waals surface area contributed by atoms with Gasteiger partial charge in [-0.2, -0.15) is 0 Å². The highest BCUT2D eigenvalue weighted by molar-refractivity contribution is 5.74. The lowest BCUT2D eigenvalue weighted by molar-refractivity contribution is -0.301. The smallest absolute Gasteiger partial charge is 0.335 e. The van der Waals surface area contributed by atoms with Crippen molar-refractivity contribution < 1.29 is 58.2 Å². The number of ether oxygens (including phenoxy) is 5. The van der Waals surface area contributed by atoms with Gasteiger partial charge in [0, 0.05) is 19.3 Å². The number of carboxylic acids is 1. The Bertz CT molecular complexity index is 1550.